The zero-order valence-corrected chi connectivity index (χ0v) is 11.4. The van der Waals surface area contributed by atoms with Gasteiger partial charge in [-0.05, 0) is 42.9 Å². The Kier molecular flexibility index (Phi) is 4.58. The van der Waals surface area contributed by atoms with Crippen molar-refractivity contribution in [3.05, 3.63) is 52.9 Å². The maximum atomic E-state index is 13.5. The molecule has 0 atom stereocenters. The van der Waals surface area contributed by atoms with Crippen LogP contribution in [0, 0.1) is 5.82 Å². The minimum Gasteiger partial charge on any atom is -0.316 e. The quantitative estimate of drug-likeness (QED) is 0.925. The minimum atomic E-state index is -0.252. The second-order valence-corrected chi connectivity index (χ2v) is 5.19. The van der Waals surface area contributed by atoms with Crippen LogP contribution >= 0.6 is 23.4 Å². The van der Waals surface area contributed by atoms with Crippen LogP contribution < -0.4 is 5.32 Å². The van der Waals surface area contributed by atoms with Gasteiger partial charge in [-0.25, -0.2) is 9.37 Å². The summed E-state index contributed by atoms with van der Waals surface area (Å²) >= 11 is 7.38. The van der Waals surface area contributed by atoms with Crippen molar-refractivity contribution >= 4 is 23.4 Å². The lowest BCUT2D eigenvalue weighted by Crippen LogP contribution is -2.05. The van der Waals surface area contributed by atoms with Crippen molar-refractivity contribution in [1.82, 2.24) is 10.3 Å². The number of rotatable bonds is 4. The van der Waals surface area contributed by atoms with Crippen LogP contribution in [0.1, 0.15) is 5.56 Å². The fourth-order valence-corrected chi connectivity index (χ4v) is 2.67. The van der Waals surface area contributed by atoms with E-state index in [1.165, 1.54) is 23.9 Å². The summed E-state index contributed by atoms with van der Waals surface area (Å²) in [6, 6.07) is 8.46. The Balaban J connectivity index is 2.26. The highest BCUT2D eigenvalue weighted by Gasteiger charge is 2.06. The van der Waals surface area contributed by atoms with Gasteiger partial charge in [0.1, 0.15) is 10.8 Å². The fourth-order valence-electron chi connectivity index (χ4n) is 1.54. The lowest BCUT2D eigenvalue weighted by Gasteiger charge is -2.06. The van der Waals surface area contributed by atoms with E-state index in [1.54, 1.807) is 18.3 Å². The molecule has 0 spiro atoms. The molecule has 1 heterocycles. The average Bonchev–Trinajstić information content (AvgIpc) is 2.32. The van der Waals surface area contributed by atoms with E-state index in [9.17, 15) is 4.39 Å². The molecule has 2 aromatic rings. The SMILES string of the molecule is CNCc1cc(F)cc(Sc2ncccc2Cl)c1. The van der Waals surface area contributed by atoms with Gasteiger partial charge in [-0.3, -0.25) is 0 Å². The first-order valence-corrected chi connectivity index (χ1v) is 6.61. The van der Waals surface area contributed by atoms with Gasteiger partial charge < -0.3 is 5.32 Å². The Bertz CT molecular complexity index is 548. The van der Waals surface area contributed by atoms with E-state index in [2.05, 4.69) is 10.3 Å². The normalized spacial score (nSPS) is 10.6. The summed E-state index contributed by atoms with van der Waals surface area (Å²) < 4.78 is 13.5. The standard InChI is InChI=1S/C13H12ClFN2S/c1-16-8-9-5-10(15)7-11(6-9)18-13-12(14)3-2-4-17-13/h2-7,16H,8H2,1H3. The smallest absolute Gasteiger partial charge is 0.124 e. The number of pyridine rings is 1. The Labute approximate surface area is 115 Å². The molecule has 1 aromatic heterocycles. The van der Waals surface area contributed by atoms with Gasteiger partial charge in [0.15, 0.2) is 0 Å². The van der Waals surface area contributed by atoms with Crippen molar-refractivity contribution in [2.24, 2.45) is 0 Å². The molecule has 0 radical (unpaired) electrons. The van der Waals surface area contributed by atoms with Crippen LogP contribution in [0.2, 0.25) is 5.02 Å². The molecule has 0 fully saturated rings. The van der Waals surface area contributed by atoms with Gasteiger partial charge in [-0.1, -0.05) is 23.4 Å². The lowest BCUT2D eigenvalue weighted by atomic mass is 10.2. The van der Waals surface area contributed by atoms with E-state index in [1.807, 2.05) is 13.1 Å². The number of nitrogens with one attached hydrogen (secondary N) is 1. The molecule has 0 unspecified atom stereocenters. The molecular formula is C13H12ClFN2S. The molecule has 0 bridgehead atoms. The number of halogens is 2. The van der Waals surface area contributed by atoms with Crippen LogP contribution in [-0.4, -0.2) is 12.0 Å². The van der Waals surface area contributed by atoms with Crippen molar-refractivity contribution in [2.45, 2.75) is 16.5 Å². The molecule has 0 amide bonds. The van der Waals surface area contributed by atoms with Gasteiger partial charge in [0.25, 0.3) is 0 Å². The molecule has 2 rings (SSSR count). The Hall–Kier alpha value is -1.10. The topological polar surface area (TPSA) is 24.9 Å². The van der Waals surface area contributed by atoms with Crippen molar-refractivity contribution in [2.75, 3.05) is 7.05 Å². The molecule has 1 aromatic carbocycles. The third kappa shape index (κ3) is 3.45. The fraction of sp³-hybridized carbons (Fsp3) is 0.154. The van der Waals surface area contributed by atoms with Crippen LogP contribution in [0.25, 0.3) is 0 Å². The summed E-state index contributed by atoms with van der Waals surface area (Å²) in [6.45, 7) is 0.626. The molecule has 0 aliphatic rings. The number of aromatic nitrogens is 1. The Morgan fingerprint density at radius 1 is 1.39 bits per heavy atom. The van der Waals surface area contributed by atoms with E-state index < -0.39 is 0 Å². The second kappa shape index (κ2) is 6.18. The average molecular weight is 283 g/mol. The Morgan fingerprint density at radius 3 is 2.94 bits per heavy atom. The van der Waals surface area contributed by atoms with E-state index in [-0.39, 0.29) is 5.82 Å². The van der Waals surface area contributed by atoms with Gasteiger partial charge in [-0.2, -0.15) is 0 Å². The second-order valence-electron chi connectivity index (χ2n) is 3.72. The molecule has 18 heavy (non-hydrogen) atoms. The van der Waals surface area contributed by atoms with Gasteiger partial charge in [0, 0.05) is 17.6 Å². The van der Waals surface area contributed by atoms with Gasteiger partial charge >= 0.3 is 0 Å². The zero-order valence-electron chi connectivity index (χ0n) is 9.78. The summed E-state index contributed by atoms with van der Waals surface area (Å²) in [5.74, 6) is -0.252. The summed E-state index contributed by atoms with van der Waals surface area (Å²) in [7, 11) is 1.83. The maximum Gasteiger partial charge on any atom is 0.124 e. The number of hydrogen-bond donors (Lipinski definition) is 1. The molecule has 0 saturated heterocycles. The zero-order chi connectivity index (χ0) is 13.0. The molecular weight excluding hydrogens is 271 g/mol. The van der Waals surface area contributed by atoms with Crippen LogP contribution in [0.3, 0.4) is 0 Å². The third-order valence-corrected chi connectivity index (χ3v) is 3.66. The van der Waals surface area contributed by atoms with E-state index in [4.69, 9.17) is 11.6 Å². The van der Waals surface area contributed by atoms with Crippen molar-refractivity contribution in [3.8, 4) is 0 Å². The van der Waals surface area contributed by atoms with Gasteiger partial charge in [0.2, 0.25) is 0 Å². The highest BCUT2D eigenvalue weighted by Crippen LogP contribution is 2.32. The van der Waals surface area contributed by atoms with E-state index >= 15 is 0 Å². The Morgan fingerprint density at radius 2 is 2.22 bits per heavy atom. The third-order valence-electron chi connectivity index (χ3n) is 2.25. The van der Waals surface area contributed by atoms with Crippen LogP contribution in [0.4, 0.5) is 4.39 Å². The molecule has 5 heteroatoms. The molecule has 1 N–H and O–H groups in total. The van der Waals surface area contributed by atoms with Crippen LogP contribution in [0.5, 0.6) is 0 Å². The van der Waals surface area contributed by atoms with E-state index in [0.29, 0.717) is 16.6 Å². The first kappa shape index (κ1) is 13.3. The van der Waals surface area contributed by atoms with Crippen molar-refractivity contribution in [1.29, 1.82) is 0 Å². The maximum absolute atomic E-state index is 13.5. The molecule has 0 aliphatic carbocycles. The summed E-state index contributed by atoms with van der Waals surface area (Å²) in [5.41, 5.74) is 0.895. The minimum absolute atomic E-state index is 0.252. The monoisotopic (exact) mass is 282 g/mol. The van der Waals surface area contributed by atoms with E-state index in [0.717, 1.165) is 10.5 Å². The van der Waals surface area contributed by atoms with Gasteiger partial charge in [-0.15, -0.1) is 0 Å². The molecule has 0 aliphatic heterocycles. The van der Waals surface area contributed by atoms with Crippen molar-refractivity contribution < 1.29 is 4.39 Å². The summed E-state index contributed by atoms with van der Waals surface area (Å²) in [5, 5.41) is 4.25. The first-order valence-electron chi connectivity index (χ1n) is 5.41. The van der Waals surface area contributed by atoms with Crippen LogP contribution in [0.15, 0.2) is 46.5 Å². The van der Waals surface area contributed by atoms with Crippen molar-refractivity contribution in [3.63, 3.8) is 0 Å². The van der Waals surface area contributed by atoms with Gasteiger partial charge in [0.05, 0.1) is 5.02 Å². The first-order chi connectivity index (χ1) is 8.69. The molecule has 94 valence electrons. The number of hydrogen-bond acceptors (Lipinski definition) is 3. The summed E-state index contributed by atoms with van der Waals surface area (Å²) in [6.07, 6.45) is 1.67. The number of nitrogens with zero attached hydrogens (tertiary/aromatic N) is 1. The molecule has 0 saturated carbocycles. The predicted octanol–water partition coefficient (Wildman–Crippen LogP) is 3.74. The highest BCUT2D eigenvalue weighted by molar-refractivity contribution is 7.99. The predicted molar refractivity (Wildman–Crippen MR) is 72.5 cm³/mol. The number of benzene rings is 1. The summed E-state index contributed by atoms with van der Waals surface area (Å²) in [4.78, 5) is 4.96. The largest absolute Gasteiger partial charge is 0.316 e. The lowest BCUT2D eigenvalue weighted by molar-refractivity contribution is 0.619. The molecule has 2 nitrogen and oxygen atoms in total. The highest BCUT2D eigenvalue weighted by atomic mass is 35.5. The van der Waals surface area contributed by atoms with Crippen LogP contribution in [-0.2, 0) is 6.54 Å².